The molecule has 2 atom stereocenters. The summed E-state index contributed by atoms with van der Waals surface area (Å²) in [5, 5.41) is 32.8. The van der Waals surface area contributed by atoms with E-state index in [0.29, 0.717) is 28.4 Å². The standard InChI is InChI=1S/C23H22ClFN10O2/c1-37-23(36)31-17-11-34(10-13(17)6-25)18-5-12(7-26)4-16(19(18)24)30-22-32-20(29-14-2-3-14)21-28-9-15(8-27)35(21)33-22/h4-5,9,13-14,17H,2-3,6,10-11H2,1H3,(H,31,36)(H2,29,30,32,33)/t13-,17+/m0/s1. The molecular weight excluding hydrogens is 503 g/mol. The van der Waals surface area contributed by atoms with Gasteiger partial charge < -0.3 is 25.6 Å². The summed E-state index contributed by atoms with van der Waals surface area (Å²) in [6.45, 7) is -0.101. The van der Waals surface area contributed by atoms with Gasteiger partial charge in [0.2, 0.25) is 5.95 Å². The normalized spacial score (nSPS) is 18.8. The maximum Gasteiger partial charge on any atom is 0.407 e. The van der Waals surface area contributed by atoms with Crippen LogP contribution >= 0.6 is 11.6 Å². The third kappa shape index (κ3) is 4.86. The predicted molar refractivity (Wildman–Crippen MR) is 133 cm³/mol. The molecule has 0 unspecified atom stereocenters. The van der Waals surface area contributed by atoms with Crippen molar-refractivity contribution >= 4 is 46.5 Å². The zero-order valence-electron chi connectivity index (χ0n) is 19.7. The van der Waals surface area contributed by atoms with Gasteiger partial charge in [-0.2, -0.15) is 20.0 Å². The molecule has 2 aliphatic rings. The molecule has 1 amide bonds. The van der Waals surface area contributed by atoms with Gasteiger partial charge in [-0.25, -0.2) is 9.78 Å². The Morgan fingerprint density at radius 2 is 2.11 bits per heavy atom. The maximum absolute atomic E-state index is 13.7. The number of rotatable bonds is 7. The molecule has 3 heterocycles. The van der Waals surface area contributed by atoms with Crippen LogP contribution in [0.4, 0.5) is 32.3 Å². The lowest BCUT2D eigenvalue weighted by atomic mass is 10.1. The average Bonchev–Trinajstić information content (AvgIpc) is 3.47. The number of nitriles is 2. The zero-order chi connectivity index (χ0) is 26.1. The van der Waals surface area contributed by atoms with Gasteiger partial charge in [0.15, 0.2) is 17.2 Å². The summed E-state index contributed by atoms with van der Waals surface area (Å²) in [4.78, 5) is 22.3. The van der Waals surface area contributed by atoms with Crippen molar-refractivity contribution in [2.45, 2.75) is 24.9 Å². The number of hydrogen-bond acceptors (Lipinski definition) is 10. The second kappa shape index (κ2) is 9.95. The number of aromatic nitrogens is 4. The summed E-state index contributed by atoms with van der Waals surface area (Å²) in [6, 6.07) is 7.10. The molecule has 5 rings (SSSR count). The van der Waals surface area contributed by atoms with E-state index < -0.39 is 24.7 Å². The number of ether oxygens (including phenoxy) is 1. The summed E-state index contributed by atoms with van der Waals surface area (Å²) in [5.41, 5.74) is 1.81. The van der Waals surface area contributed by atoms with Crippen LogP contribution in [-0.2, 0) is 4.74 Å². The van der Waals surface area contributed by atoms with Gasteiger partial charge in [0.25, 0.3) is 0 Å². The number of nitrogens with zero attached hydrogens (tertiary/aromatic N) is 7. The van der Waals surface area contributed by atoms with Gasteiger partial charge in [-0.3, -0.25) is 4.39 Å². The smallest absolute Gasteiger partial charge is 0.407 e. The molecule has 1 aromatic carbocycles. The van der Waals surface area contributed by atoms with E-state index in [0.717, 1.165) is 12.8 Å². The second-order valence-electron chi connectivity index (χ2n) is 8.85. The summed E-state index contributed by atoms with van der Waals surface area (Å²) in [6.07, 6.45) is 2.78. The number of alkyl halides is 1. The third-order valence-corrected chi connectivity index (χ3v) is 6.69. The minimum absolute atomic E-state index is 0.140. The highest BCUT2D eigenvalue weighted by atomic mass is 35.5. The van der Waals surface area contributed by atoms with Gasteiger partial charge in [-0.15, -0.1) is 5.10 Å². The summed E-state index contributed by atoms with van der Waals surface area (Å²) in [7, 11) is 1.24. The van der Waals surface area contributed by atoms with Crippen LogP contribution in [0.15, 0.2) is 18.3 Å². The Labute approximate surface area is 216 Å². The fourth-order valence-electron chi connectivity index (χ4n) is 4.24. The Hall–Kier alpha value is -4.36. The van der Waals surface area contributed by atoms with Gasteiger partial charge in [-0.1, -0.05) is 11.6 Å². The third-order valence-electron chi connectivity index (χ3n) is 6.29. The number of carbonyl (C=O) groups excluding carboxylic acids is 1. The number of anilines is 4. The number of carbonyl (C=O) groups is 1. The second-order valence-corrected chi connectivity index (χ2v) is 9.23. The van der Waals surface area contributed by atoms with Gasteiger partial charge in [0, 0.05) is 25.0 Å². The Kier molecular flexibility index (Phi) is 6.54. The largest absolute Gasteiger partial charge is 0.453 e. The van der Waals surface area contributed by atoms with Gasteiger partial charge >= 0.3 is 6.09 Å². The molecule has 37 heavy (non-hydrogen) atoms. The molecule has 1 aliphatic heterocycles. The molecule has 190 valence electrons. The van der Waals surface area contributed by atoms with Crippen molar-refractivity contribution in [3.63, 3.8) is 0 Å². The number of alkyl carbamates (subject to hydrolysis) is 1. The van der Waals surface area contributed by atoms with Crippen molar-refractivity contribution in [1.82, 2.24) is 24.9 Å². The molecule has 2 aromatic heterocycles. The first-order valence-electron chi connectivity index (χ1n) is 11.5. The minimum Gasteiger partial charge on any atom is -0.453 e. The van der Waals surface area contributed by atoms with E-state index in [1.54, 1.807) is 12.1 Å². The quantitative estimate of drug-likeness (QED) is 0.419. The van der Waals surface area contributed by atoms with Crippen molar-refractivity contribution in [2.75, 3.05) is 42.4 Å². The van der Waals surface area contributed by atoms with Crippen molar-refractivity contribution < 1.29 is 13.9 Å². The van der Waals surface area contributed by atoms with E-state index in [4.69, 9.17) is 11.6 Å². The molecule has 3 N–H and O–H groups in total. The first-order chi connectivity index (χ1) is 17.9. The fourth-order valence-corrected chi connectivity index (χ4v) is 4.52. The lowest BCUT2D eigenvalue weighted by Gasteiger charge is -2.22. The molecule has 0 radical (unpaired) electrons. The SMILES string of the molecule is COC(=O)N[C@@H]1CN(c2cc(C#N)cc(Nc3nc(NC4CC4)c4ncc(C#N)n4n3)c2Cl)C[C@@H]1CF. The molecule has 1 saturated carbocycles. The number of imidazole rings is 1. The Morgan fingerprint density at radius 1 is 1.30 bits per heavy atom. The van der Waals surface area contributed by atoms with Crippen LogP contribution in [0.25, 0.3) is 5.65 Å². The number of fused-ring (bicyclic) bond motifs is 1. The zero-order valence-corrected chi connectivity index (χ0v) is 20.5. The van der Waals surface area contributed by atoms with E-state index in [9.17, 15) is 19.7 Å². The average molecular weight is 525 g/mol. The van der Waals surface area contributed by atoms with E-state index in [1.807, 2.05) is 4.90 Å². The van der Waals surface area contributed by atoms with Crippen LogP contribution in [-0.4, -0.2) is 64.6 Å². The van der Waals surface area contributed by atoms with E-state index in [-0.39, 0.29) is 35.8 Å². The van der Waals surface area contributed by atoms with Crippen molar-refractivity contribution in [1.29, 1.82) is 10.5 Å². The first-order valence-corrected chi connectivity index (χ1v) is 11.9. The van der Waals surface area contributed by atoms with Gasteiger partial charge in [0.1, 0.15) is 6.07 Å². The monoisotopic (exact) mass is 524 g/mol. The van der Waals surface area contributed by atoms with Crippen LogP contribution in [0.5, 0.6) is 0 Å². The predicted octanol–water partition coefficient (Wildman–Crippen LogP) is 2.97. The summed E-state index contributed by atoms with van der Waals surface area (Å²) in [5.74, 6) is 0.127. The fraction of sp³-hybridized carbons (Fsp3) is 0.391. The first kappa shape index (κ1) is 24.3. The van der Waals surface area contributed by atoms with E-state index >= 15 is 0 Å². The highest BCUT2D eigenvalue weighted by Crippen LogP contribution is 2.38. The Balaban J connectivity index is 1.49. The maximum atomic E-state index is 13.7. The molecule has 1 aliphatic carbocycles. The molecule has 1 saturated heterocycles. The molecular formula is C23H22ClFN10O2. The number of nitrogens with one attached hydrogen (secondary N) is 3. The highest BCUT2D eigenvalue weighted by molar-refractivity contribution is 6.36. The topological polar surface area (TPSA) is 156 Å². The molecule has 0 bridgehead atoms. The van der Waals surface area contributed by atoms with Gasteiger partial charge in [-0.05, 0) is 25.0 Å². The molecule has 0 spiro atoms. The van der Waals surface area contributed by atoms with Crippen LogP contribution in [0, 0.1) is 28.6 Å². The van der Waals surface area contributed by atoms with Crippen molar-refractivity contribution in [3.8, 4) is 12.1 Å². The van der Waals surface area contributed by atoms with E-state index in [1.165, 1.54) is 17.8 Å². The molecule has 3 aromatic rings. The lowest BCUT2D eigenvalue weighted by molar-refractivity contribution is 0.163. The van der Waals surface area contributed by atoms with Crippen LogP contribution in [0.2, 0.25) is 5.02 Å². The van der Waals surface area contributed by atoms with Crippen LogP contribution in [0.3, 0.4) is 0 Å². The number of methoxy groups -OCH3 is 1. The highest BCUT2D eigenvalue weighted by Gasteiger charge is 2.35. The van der Waals surface area contributed by atoms with Crippen molar-refractivity contribution in [3.05, 3.63) is 34.6 Å². The summed E-state index contributed by atoms with van der Waals surface area (Å²) < 4.78 is 19.8. The van der Waals surface area contributed by atoms with E-state index in [2.05, 4.69) is 47.9 Å². The molecule has 12 nitrogen and oxygen atoms in total. The molecule has 2 fully saturated rings. The van der Waals surface area contributed by atoms with Crippen LogP contribution in [0.1, 0.15) is 24.1 Å². The van der Waals surface area contributed by atoms with Gasteiger partial charge in [0.05, 0.1) is 54.1 Å². The number of halogens is 2. The number of benzene rings is 1. The minimum atomic E-state index is -0.650. The lowest BCUT2D eigenvalue weighted by Crippen LogP contribution is -2.41. The Bertz CT molecular complexity index is 1440. The summed E-state index contributed by atoms with van der Waals surface area (Å²) >= 11 is 6.77. The number of hydrogen-bond donors (Lipinski definition) is 3. The van der Waals surface area contributed by atoms with Crippen LogP contribution < -0.4 is 20.9 Å². The number of amides is 1. The Morgan fingerprint density at radius 3 is 2.78 bits per heavy atom. The molecule has 14 heteroatoms. The van der Waals surface area contributed by atoms with Crippen molar-refractivity contribution in [2.24, 2.45) is 5.92 Å².